The van der Waals surface area contributed by atoms with Crippen molar-refractivity contribution in [3.05, 3.63) is 18.2 Å². The van der Waals surface area contributed by atoms with Gasteiger partial charge in [0.25, 0.3) is 0 Å². The second kappa shape index (κ2) is 7.24. The first kappa shape index (κ1) is 15.5. The van der Waals surface area contributed by atoms with Crippen molar-refractivity contribution in [2.75, 3.05) is 26.2 Å². The molecule has 1 aromatic heterocycles. The predicted molar refractivity (Wildman–Crippen MR) is 85.4 cm³/mol. The van der Waals surface area contributed by atoms with Crippen molar-refractivity contribution in [3.63, 3.8) is 0 Å². The molecule has 3 rings (SSSR count). The van der Waals surface area contributed by atoms with Crippen LogP contribution in [0.25, 0.3) is 0 Å². The highest BCUT2D eigenvalue weighted by Crippen LogP contribution is 2.20. The Bertz CT molecular complexity index is 494. The molecule has 22 heavy (non-hydrogen) atoms. The molecule has 6 heteroatoms. The highest BCUT2D eigenvalue weighted by molar-refractivity contribution is 5.78. The molecule has 0 aromatic carbocycles. The summed E-state index contributed by atoms with van der Waals surface area (Å²) in [4.78, 5) is 19.1. The second-order valence-electron chi connectivity index (χ2n) is 6.49. The smallest absolute Gasteiger partial charge is 0.234 e. The molecule has 0 bridgehead atoms. The molecule has 0 radical (unpaired) electrons. The summed E-state index contributed by atoms with van der Waals surface area (Å²) < 4.78 is 2.05. The van der Waals surface area contributed by atoms with Crippen LogP contribution < -0.4 is 10.6 Å². The Kier molecular flexibility index (Phi) is 5.10. The average Bonchev–Trinajstić information content (AvgIpc) is 2.95. The number of nitrogens with zero attached hydrogens (tertiary/aromatic N) is 3. The van der Waals surface area contributed by atoms with Gasteiger partial charge in [-0.05, 0) is 12.8 Å². The summed E-state index contributed by atoms with van der Waals surface area (Å²) in [5, 5.41) is 6.63. The van der Waals surface area contributed by atoms with Gasteiger partial charge in [0.1, 0.15) is 5.82 Å². The van der Waals surface area contributed by atoms with Crippen LogP contribution in [-0.4, -0.2) is 52.6 Å². The molecule has 0 spiro atoms. The lowest BCUT2D eigenvalue weighted by molar-refractivity contribution is -0.124. The fourth-order valence-corrected chi connectivity index (χ4v) is 3.59. The van der Waals surface area contributed by atoms with Crippen molar-refractivity contribution in [2.45, 2.75) is 44.2 Å². The summed E-state index contributed by atoms with van der Waals surface area (Å²) in [6.07, 6.45) is 9.86. The standard InChI is InChI=1S/C16H27N5O/c1-20-9-8-18-16(20)14-11-17-7-10-21(14)12-15(22)19-13-5-3-2-4-6-13/h8-9,13-14,17H,2-7,10-12H2,1H3,(H,19,22). The molecule has 1 atom stereocenters. The number of nitrogens with one attached hydrogen (secondary N) is 2. The molecule has 1 saturated heterocycles. The van der Waals surface area contributed by atoms with Crippen LogP contribution in [0.1, 0.15) is 44.0 Å². The van der Waals surface area contributed by atoms with Crippen molar-refractivity contribution in [3.8, 4) is 0 Å². The van der Waals surface area contributed by atoms with Gasteiger partial charge in [0, 0.05) is 45.1 Å². The van der Waals surface area contributed by atoms with Gasteiger partial charge in [-0.2, -0.15) is 0 Å². The van der Waals surface area contributed by atoms with Crippen LogP contribution in [0.3, 0.4) is 0 Å². The van der Waals surface area contributed by atoms with E-state index in [1.54, 1.807) is 0 Å². The van der Waals surface area contributed by atoms with E-state index in [-0.39, 0.29) is 11.9 Å². The largest absolute Gasteiger partial charge is 0.352 e. The van der Waals surface area contributed by atoms with E-state index in [1.165, 1.54) is 19.3 Å². The molecule has 122 valence electrons. The molecule has 2 heterocycles. The quantitative estimate of drug-likeness (QED) is 0.864. The predicted octanol–water partition coefficient (Wildman–Crippen LogP) is 0.815. The van der Waals surface area contributed by atoms with E-state index in [9.17, 15) is 4.79 Å². The van der Waals surface area contributed by atoms with Crippen LogP contribution in [0.15, 0.2) is 12.4 Å². The van der Waals surface area contributed by atoms with Crippen molar-refractivity contribution in [2.24, 2.45) is 7.05 Å². The number of aromatic nitrogens is 2. The Balaban J connectivity index is 1.59. The van der Waals surface area contributed by atoms with Gasteiger partial charge in [-0.3, -0.25) is 9.69 Å². The maximum atomic E-state index is 12.4. The Morgan fingerprint density at radius 1 is 1.41 bits per heavy atom. The van der Waals surface area contributed by atoms with Crippen molar-refractivity contribution in [1.82, 2.24) is 25.1 Å². The maximum absolute atomic E-state index is 12.4. The van der Waals surface area contributed by atoms with Gasteiger partial charge in [0.15, 0.2) is 0 Å². The summed E-state index contributed by atoms with van der Waals surface area (Å²) in [5.74, 6) is 1.19. The second-order valence-corrected chi connectivity index (χ2v) is 6.49. The van der Waals surface area contributed by atoms with Gasteiger partial charge in [-0.1, -0.05) is 19.3 Å². The molecular formula is C16H27N5O. The van der Waals surface area contributed by atoms with Crippen LogP contribution in [0, 0.1) is 0 Å². The molecule has 1 saturated carbocycles. The molecule has 6 nitrogen and oxygen atoms in total. The minimum atomic E-state index is 0.160. The number of carbonyl (C=O) groups excluding carboxylic acids is 1. The summed E-state index contributed by atoms with van der Waals surface area (Å²) >= 11 is 0. The Morgan fingerprint density at radius 2 is 2.23 bits per heavy atom. The minimum absolute atomic E-state index is 0.160. The summed E-state index contributed by atoms with van der Waals surface area (Å²) in [6.45, 7) is 3.13. The fourth-order valence-electron chi connectivity index (χ4n) is 3.59. The van der Waals surface area contributed by atoms with Crippen LogP contribution in [0.4, 0.5) is 0 Å². The SMILES string of the molecule is Cn1ccnc1C1CNCCN1CC(=O)NC1CCCCC1. The lowest BCUT2D eigenvalue weighted by Gasteiger charge is -2.35. The lowest BCUT2D eigenvalue weighted by Crippen LogP contribution is -2.51. The molecule has 2 aliphatic rings. The fraction of sp³-hybridized carbons (Fsp3) is 0.750. The first-order valence-corrected chi connectivity index (χ1v) is 8.45. The van der Waals surface area contributed by atoms with Crippen molar-refractivity contribution >= 4 is 5.91 Å². The number of carbonyl (C=O) groups is 1. The van der Waals surface area contributed by atoms with Crippen molar-refractivity contribution in [1.29, 1.82) is 0 Å². The van der Waals surface area contributed by atoms with Gasteiger partial charge in [-0.25, -0.2) is 4.98 Å². The third kappa shape index (κ3) is 3.67. The molecule has 2 fully saturated rings. The average molecular weight is 305 g/mol. The Morgan fingerprint density at radius 3 is 2.95 bits per heavy atom. The number of hydrogen-bond donors (Lipinski definition) is 2. The molecular weight excluding hydrogens is 278 g/mol. The van der Waals surface area contributed by atoms with Gasteiger partial charge >= 0.3 is 0 Å². The molecule has 1 aliphatic heterocycles. The summed E-state index contributed by atoms with van der Waals surface area (Å²) in [6, 6.07) is 0.557. The molecule has 1 amide bonds. The van der Waals surface area contributed by atoms with E-state index in [1.807, 2.05) is 24.0 Å². The van der Waals surface area contributed by atoms with Gasteiger partial charge in [-0.15, -0.1) is 0 Å². The zero-order valence-electron chi connectivity index (χ0n) is 13.4. The minimum Gasteiger partial charge on any atom is -0.352 e. The van der Waals surface area contributed by atoms with Crippen LogP contribution in [0.2, 0.25) is 0 Å². The lowest BCUT2D eigenvalue weighted by atomic mass is 9.95. The number of imidazole rings is 1. The monoisotopic (exact) mass is 305 g/mol. The topological polar surface area (TPSA) is 62.2 Å². The number of hydrogen-bond acceptors (Lipinski definition) is 4. The molecule has 2 N–H and O–H groups in total. The zero-order valence-corrected chi connectivity index (χ0v) is 13.4. The van der Waals surface area contributed by atoms with E-state index >= 15 is 0 Å². The Labute approximate surface area is 132 Å². The highest BCUT2D eigenvalue weighted by atomic mass is 16.2. The number of piperazine rings is 1. The van der Waals surface area contributed by atoms with Gasteiger partial charge in [0.05, 0.1) is 12.6 Å². The van der Waals surface area contributed by atoms with Crippen molar-refractivity contribution < 1.29 is 4.79 Å². The van der Waals surface area contributed by atoms with Crippen LogP contribution >= 0.6 is 0 Å². The van der Waals surface area contributed by atoms with Crippen LogP contribution in [0.5, 0.6) is 0 Å². The third-order valence-corrected chi connectivity index (χ3v) is 4.83. The normalized spacial score (nSPS) is 24.3. The first-order chi connectivity index (χ1) is 10.7. The third-order valence-electron chi connectivity index (χ3n) is 4.83. The van der Waals surface area contributed by atoms with E-state index in [2.05, 4.69) is 20.5 Å². The van der Waals surface area contributed by atoms with E-state index < -0.39 is 0 Å². The van der Waals surface area contributed by atoms with E-state index in [0.29, 0.717) is 12.6 Å². The van der Waals surface area contributed by atoms with Crippen LogP contribution in [-0.2, 0) is 11.8 Å². The van der Waals surface area contributed by atoms with E-state index in [4.69, 9.17) is 0 Å². The molecule has 1 unspecified atom stereocenters. The van der Waals surface area contributed by atoms with E-state index in [0.717, 1.165) is 38.3 Å². The molecule has 1 aliphatic carbocycles. The number of aryl methyl sites for hydroxylation is 1. The molecule has 1 aromatic rings. The first-order valence-electron chi connectivity index (χ1n) is 8.45. The number of amides is 1. The highest BCUT2D eigenvalue weighted by Gasteiger charge is 2.28. The maximum Gasteiger partial charge on any atom is 0.234 e. The zero-order chi connectivity index (χ0) is 15.4. The number of rotatable bonds is 4. The van der Waals surface area contributed by atoms with Gasteiger partial charge in [0.2, 0.25) is 5.91 Å². The summed E-state index contributed by atoms with van der Waals surface area (Å²) in [7, 11) is 2.01. The summed E-state index contributed by atoms with van der Waals surface area (Å²) in [5.41, 5.74) is 0. The van der Waals surface area contributed by atoms with Gasteiger partial charge < -0.3 is 15.2 Å². The Hall–Kier alpha value is -1.40.